The van der Waals surface area contributed by atoms with Crippen molar-refractivity contribution in [1.82, 2.24) is 10.6 Å². The number of rotatable bonds is 22. The predicted molar refractivity (Wildman–Crippen MR) is 172 cm³/mol. The van der Waals surface area contributed by atoms with E-state index >= 15 is 0 Å². The van der Waals surface area contributed by atoms with E-state index in [1.54, 1.807) is 0 Å². The monoisotopic (exact) mass is 692 g/mol. The molecule has 5 unspecified atom stereocenters. The van der Waals surface area contributed by atoms with E-state index < -0.39 is 86.5 Å². The van der Waals surface area contributed by atoms with Gasteiger partial charge in [-0.05, 0) is 19.3 Å². The van der Waals surface area contributed by atoms with Gasteiger partial charge in [0, 0.05) is 18.8 Å². The smallest absolute Gasteiger partial charge is 0.222 e. The highest BCUT2D eigenvalue weighted by molar-refractivity contribution is 5.90. The fourth-order valence-electron chi connectivity index (χ4n) is 5.95. The summed E-state index contributed by atoms with van der Waals surface area (Å²) in [6, 6.07) is -0.537. The summed E-state index contributed by atoms with van der Waals surface area (Å²) in [5, 5.41) is 76.2. The summed E-state index contributed by atoms with van der Waals surface area (Å²) < 4.78 is 16.4. The van der Waals surface area contributed by atoms with Gasteiger partial charge < -0.3 is 60.6 Å². The minimum Gasteiger partial charge on any atom is -0.394 e. The third kappa shape index (κ3) is 13.2. The molecule has 15 nitrogen and oxygen atoms in total. The second kappa shape index (κ2) is 22.1. The summed E-state index contributed by atoms with van der Waals surface area (Å²) in [6.07, 6.45) is -5.34. The first-order valence-corrected chi connectivity index (χ1v) is 17.6. The zero-order chi connectivity index (χ0) is 35.8. The number of amides is 2. The highest BCUT2D eigenvalue weighted by Gasteiger charge is 2.50. The molecule has 48 heavy (non-hydrogen) atoms. The van der Waals surface area contributed by atoms with Gasteiger partial charge in [-0.3, -0.25) is 14.4 Å². The van der Waals surface area contributed by atoms with Gasteiger partial charge in [-0.1, -0.05) is 72.1 Å². The van der Waals surface area contributed by atoms with Crippen molar-refractivity contribution in [2.45, 2.75) is 172 Å². The number of carbonyl (C=O) groups excluding carboxylic acids is 3. The van der Waals surface area contributed by atoms with Gasteiger partial charge in [0.25, 0.3) is 0 Å². The van der Waals surface area contributed by atoms with E-state index in [0.29, 0.717) is 19.3 Å². The van der Waals surface area contributed by atoms with Gasteiger partial charge in [0.2, 0.25) is 11.8 Å². The lowest BCUT2D eigenvalue weighted by Crippen LogP contribution is -2.66. The lowest BCUT2D eigenvalue weighted by Gasteiger charge is -2.46. The number of nitrogens with one attached hydrogen (secondary N) is 2. The molecule has 280 valence electrons. The van der Waals surface area contributed by atoms with Crippen LogP contribution in [-0.2, 0) is 28.6 Å². The molecule has 0 saturated carbocycles. The number of carbonyl (C=O) groups is 3. The quantitative estimate of drug-likeness (QED) is 0.0653. The Hall–Kier alpha value is -1.79. The Morgan fingerprint density at radius 2 is 1.27 bits per heavy atom. The molecule has 2 saturated heterocycles. The van der Waals surface area contributed by atoms with Crippen molar-refractivity contribution < 1.29 is 64.3 Å². The Morgan fingerprint density at radius 3 is 1.85 bits per heavy atom. The predicted octanol–water partition coefficient (Wildman–Crippen LogP) is -0.472. The highest BCUT2D eigenvalue weighted by Crippen LogP contribution is 2.28. The third-order valence-electron chi connectivity index (χ3n) is 8.96. The highest BCUT2D eigenvalue weighted by atomic mass is 16.7. The van der Waals surface area contributed by atoms with Gasteiger partial charge in [0.05, 0.1) is 19.3 Å². The number of ether oxygens (including phenoxy) is 3. The average Bonchev–Trinajstić information content (AvgIpc) is 3.06. The number of ketones is 1. The molecule has 0 bridgehead atoms. The van der Waals surface area contributed by atoms with Crippen molar-refractivity contribution in [3.05, 3.63) is 0 Å². The van der Waals surface area contributed by atoms with E-state index in [4.69, 9.17) is 14.2 Å². The second-order valence-corrected chi connectivity index (χ2v) is 13.3. The molecular weight excluding hydrogens is 632 g/mol. The fraction of sp³-hybridized carbons (Fsp3) is 0.909. The van der Waals surface area contributed by atoms with Gasteiger partial charge >= 0.3 is 0 Å². The van der Waals surface area contributed by atoms with Crippen LogP contribution in [0.5, 0.6) is 0 Å². The van der Waals surface area contributed by atoms with Gasteiger partial charge in [-0.15, -0.1) is 0 Å². The fourth-order valence-corrected chi connectivity index (χ4v) is 5.95. The van der Waals surface area contributed by atoms with E-state index in [1.165, 1.54) is 32.1 Å². The topological polar surface area (TPSA) is 245 Å². The Morgan fingerprint density at radius 1 is 0.688 bits per heavy atom. The van der Waals surface area contributed by atoms with Crippen LogP contribution in [0.25, 0.3) is 0 Å². The molecule has 0 aromatic heterocycles. The summed E-state index contributed by atoms with van der Waals surface area (Å²) >= 11 is 0. The van der Waals surface area contributed by atoms with E-state index in [-0.39, 0.29) is 30.4 Å². The molecule has 0 aromatic rings. The molecule has 2 heterocycles. The molecule has 11 atom stereocenters. The first kappa shape index (κ1) is 42.4. The molecule has 0 radical (unpaired) electrons. The molecule has 0 aliphatic carbocycles. The maximum atomic E-state index is 12.7. The van der Waals surface area contributed by atoms with E-state index in [9.17, 15) is 50.1 Å². The van der Waals surface area contributed by atoms with Gasteiger partial charge in [-0.2, -0.15) is 0 Å². The Labute approximate surface area is 283 Å². The van der Waals surface area contributed by atoms with Gasteiger partial charge in [0.1, 0.15) is 48.8 Å². The van der Waals surface area contributed by atoms with Crippen LogP contribution in [0.3, 0.4) is 0 Å². The molecular formula is C33H60N2O13. The number of Topliss-reactive ketones (excluding diaryl/α,β-unsaturated/α-hetero) is 1. The standard InChI is InChI=1S/C33H60N2O13/c1-4-5-6-7-8-9-10-11-14-20(25(40)19(2)3)34-23(38)15-12-13-16-24(39)35-32-29(44)28(43)31(22(18-37)46-32)48-33-30(45)27(42)26(41)21(17-36)47-33/h19-22,26-33,36-37,41-45H,4-18H2,1-3H3,(H,34,38)(H,35,39)/t20?,21?,22?,26-,27-,28+,29?,30?,31+,32+,33-/m0/s1. The maximum absolute atomic E-state index is 12.7. The molecule has 2 amide bonds. The minimum atomic E-state index is -1.79. The van der Waals surface area contributed by atoms with Crippen molar-refractivity contribution in [2.24, 2.45) is 5.92 Å². The number of aliphatic hydroxyl groups is 7. The Kier molecular flexibility index (Phi) is 19.5. The Balaban J connectivity index is 1.78. The molecule has 2 fully saturated rings. The van der Waals surface area contributed by atoms with Crippen LogP contribution in [0.2, 0.25) is 0 Å². The van der Waals surface area contributed by atoms with Crippen molar-refractivity contribution in [2.75, 3.05) is 13.2 Å². The lowest BCUT2D eigenvalue weighted by atomic mass is 9.96. The van der Waals surface area contributed by atoms with E-state index in [2.05, 4.69) is 17.6 Å². The van der Waals surface area contributed by atoms with E-state index in [0.717, 1.165) is 19.3 Å². The number of hydrogen-bond acceptors (Lipinski definition) is 13. The van der Waals surface area contributed by atoms with Crippen LogP contribution in [0, 0.1) is 5.92 Å². The summed E-state index contributed by atoms with van der Waals surface area (Å²) in [5.41, 5.74) is 0. The van der Waals surface area contributed by atoms with Crippen molar-refractivity contribution in [3.63, 3.8) is 0 Å². The minimum absolute atomic E-state index is 0.000845. The molecule has 9 N–H and O–H groups in total. The average molecular weight is 693 g/mol. The number of hydrogen-bond donors (Lipinski definition) is 9. The Bertz CT molecular complexity index is 953. The SMILES string of the molecule is CCCCCCCCCCC(NC(=O)CCCCC(=O)N[C@@H]1OC(CO)[C@@H](O[C@@H]2OC(CO)[C@H](O)[C@H](O)C2O)[C@H](O)C1O)C(=O)C(C)C. The third-order valence-corrected chi connectivity index (χ3v) is 8.96. The second-order valence-electron chi connectivity index (χ2n) is 13.3. The van der Waals surface area contributed by atoms with Crippen molar-refractivity contribution in [3.8, 4) is 0 Å². The van der Waals surface area contributed by atoms with E-state index in [1.807, 2.05) is 13.8 Å². The maximum Gasteiger partial charge on any atom is 0.222 e. The molecule has 2 rings (SSSR count). The normalized spacial score (nSPS) is 31.4. The van der Waals surface area contributed by atoms with Crippen LogP contribution < -0.4 is 10.6 Å². The number of unbranched alkanes of at least 4 members (excludes halogenated alkanes) is 8. The molecule has 0 spiro atoms. The zero-order valence-corrected chi connectivity index (χ0v) is 28.6. The molecule has 0 aromatic carbocycles. The van der Waals surface area contributed by atoms with Crippen LogP contribution in [0.1, 0.15) is 104 Å². The summed E-state index contributed by atoms with van der Waals surface area (Å²) in [4.78, 5) is 38.0. The zero-order valence-electron chi connectivity index (χ0n) is 28.6. The van der Waals surface area contributed by atoms with Gasteiger partial charge in [0.15, 0.2) is 18.3 Å². The number of aliphatic hydroxyl groups excluding tert-OH is 7. The first-order chi connectivity index (χ1) is 22.9. The van der Waals surface area contributed by atoms with Crippen molar-refractivity contribution >= 4 is 17.6 Å². The van der Waals surface area contributed by atoms with Crippen LogP contribution >= 0.6 is 0 Å². The summed E-state index contributed by atoms with van der Waals surface area (Å²) in [6.45, 7) is 4.38. The van der Waals surface area contributed by atoms with Crippen molar-refractivity contribution in [1.29, 1.82) is 0 Å². The molecule has 15 heteroatoms. The largest absolute Gasteiger partial charge is 0.394 e. The first-order valence-electron chi connectivity index (χ1n) is 17.6. The summed E-state index contributed by atoms with van der Waals surface area (Å²) in [7, 11) is 0. The van der Waals surface area contributed by atoms with Gasteiger partial charge in [-0.25, -0.2) is 0 Å². The van der Waals surface area contributed by atoms with Crippen LogP contribution in [-0.4, -0.2) is 134 Å². The molecule has 2 aliphatic heterocycles. The molecule has 2 aliphatic rings. The van der Waals surface area contributed by atoms with Crippen LogP contribution in [0.15, 0.2) is 0 Å². The summed E-state index contributed by atoms with van der Waals surface area (Å²) in [5.74, 6) is -1.01. The van der Waals surface area contributed by atoms with Crippen LogP contribution in [0.4, 0.5) is 0 Å². The lowest BCUT2D eigenvalue weighted by molar-refractivity contribution is -0.343.